The summed E-state index contributed by atoms with van der Waals surface area (Å²) in [5.41, 5.74) is 3.87. The third-order valence-corrected chi connectivity index (χ3v) is 3.92. The Morgan fingerprint density at radius 1 is 1.25 bits per heavy atom. The second-order valence-electron chi connectivity index (χ2n) is 5.31. The van der Waals surface area contributed by atoms with E-state index in [1.807, 2.05) is 38.1 Å². The molecular weight excluding hydrogens is 252 g/mol. The van der Waals surface area contributed by atoms with Gasteiger partial charge in [0.25, 0.3) is 0 Å². The predicted molar refractivity (Wildman–Crippen MR) is 76.3 cm³/mol. The summed E-state index contributed by atoms with van der Waals surface area (Å²) < 4.78 is 0. The van der Waals surface area contributed by atoms with Gasteiger partial charge in [-0.05, 0) is 43.5 Å². The minimum atomic E-state index is -0.274. The minimum absolute atomic E-state index is 0.186. The number of fused-ring (bicyclic) bond motifs is 1. The number of amides is 2. The van der Waals surface area contributed by atoms with Crippen molar-refractivity contribution in [2.45, 2.75) is 32.6 Å². The van der Waals surface area contributed by atoms with Gasteiger partial charge >= 0.3 is 0 Å². The summed E-state index contributed by atoms with van der Waals surface area (Å²) in [7, 11) is 0. The van der Waals surface area contributed by atoms with Gasteiger partial charge in [0.05, 0.1) is 11.4 Å². The maximum atomic E-state index is 12.0. The SMILES string of the molecule is Cc1nc2cccc(C)c2cc1C1CCC(=O)NC1=O. The molecule has 4 nitrogen and oxygen atoms in total. The Balaban J connectivity index is 2.11. The third-order valence-electron chi connectivity index (χ3n) is 3.92. The minimum Gasteiger partial charge on any atom is -0.296 e. The lowest BCUT2D eigenvalue weighted by molar-refractivity contribution is -0.134. The molecule has 4 heteroatoms. The number of aryl methyl sites for hydroxylation is 2. The fourth-order valence-corrected chi connectivity index (χ4v) is 2.80. The summed E-state index contributed by atoms with van der Waals surface area (Å²) in [6.07, 6.45) is 0.951. The normalized spacial score (nSPS) is 19.2. The van der Waals surface area contributed by atoms with Crippen LogP contribution in [0.1, 0.15) is 35.6 Å². The molecule has 0 radical (unpaired) electrons. The van der Waals surface area contributed by atoms with Gasteiger partial charge in [-0.15, -0.1) is 0 Å². The van der Waals surface area contributed by atoms with E-state index in [-0.39, 0.29) is 17.7 Å². The number of hydrogen-bond donors (Lipinski definition) is 1. The average molecular weight is 268 g/mol. The fourth-order valence-electron chi connectivity index (χ4n) is 2.80. The lowest BCUT2D eigenvalue weighted by Crippen LogP contribution is -2.39. The number of aromatic nitrogens is 1. The first-order valence-corrected chi connectivity index (χ1v) is 6.77. The van der Waals surface area contributed by atoms with Gasteiger partial charge in [0.1, 0.15) is 0 Å². The van der Waals surface area contributed by atoms with Crippen LogP contribution in [-0.2, 0) is 9.59 Å². The zero-order valence-corrected chi connectivity index (χ0v) is 11.6. The van der Waals surface area contributed by atoms with Gasteiger partial charge in [-0.1, -0.05) is 12.1 Å². The van der Waals surface area contributed by atoms with Gasteiger partial charge in [-0.2, -0.15) is 0 Å². The predicted octanol–water partition coefficient (Wildman–Crippen LogP) is 2.37. The van der Waals surface area contributed by atoms with Gasteiger partial charge in [0.2, 0.25) is 11.8 Å². The van der Waals surface area contributed by atoms with Crippen LogP contribution in [0.15, 0.2) is 24.3 Å². The van der Waals surface area contributed by atoms with Crippen LogP contribution in [0, 0.1) is 13.8 Å². The van der Waals surface area contributed by atoms with Crippen molar-refractivity contribution in [1.29, 1.82) is 0 Å². The highest BCUT2D eigenvalue weighted by Crippen LogP contribution is 2.30. The highest BCUT2D eigenvalue weighted by Gasteiger charge is 2.29. The average Bonchev–Trinajstić information content (AvgIpc) is 2.39. The Morgan fingerprint density at radius 3 is 2.80 bits per heavy atom. The first kappa shape index (κ1) is 12.8. The molecule has 1 saturated heterocycles. The molecule has 3 rings (SSSR count). The second kappa shape index (κ2) is 4.71. The number of hydrogen-bond acceptors (Lipinski definition) is 3. The molecule has 1 aromatic carbocycles. The first-order chi connectivity index (χ1) is 9.56. The van der Waals surface area contributed by atoms with E-state index in [1.165, 1.54) is 0 Å². The van der Waals surface area contributed by atoms with Crippen molar-refractivity contribution in [1.82, 2.24) is 10.3 Å². The molecular formula is C16H16N2O2. The number of nitrogens with one attached hydrogen (secondary N) is 1. The fraction of sp³-hybridized carbons (Fsp3) is 0.312. The smallest absolute Gasteiger partial charge is 0.234 e. The van der Waals surface area contributed by atoms with E-state index in [9.17, 15) is 9.59 Å². The maximum absolute atomic E-state index is 12.0. The molecule has 1 fully saturated rings. The molecule has 1 N–H and O–H groups in total. The summed E-state index contributed by atoms with van der Waals surface area (Å²) in [5, 5.41) is 3.48. The van der Waals surface area contributed by atoms with Crippen LogP contribution in [0.4, 0.5) is 0 Å². The van der Waals surface area contributed by atoms with Crippen LogP contribution in [0.3, 0.4) is 0 Å². The quantitative estimate of drug-likeness (QED) is 0.808. The summed E-state index contributed by atoms with van der Waals surface area (Å²) in [6, 6.07) is 8.04. The number of pyridine rings is 1. The lowest BCUT2D eigenvalue weighted by Gasteiger charge is -2.22. The van der Waals surface area contributed by atoms with Crippen molar-refractivity contribution in [2.75, 3.05) is 0 Å². The van der Waals surface area contributed by atoms with E-state index >= 15 is 0 Å². The van der Waals surface area contributed by atoms with E-state index in [4.69, 9.17) is 0 Å². The molecule has 1 atom stereocenters. The summed E-state index contributed by atoms with van der Waals surface area (Å²) in [5.74, 6) is -0.669. The van der Waals surface area contributed by atoms with E-state index in [0.29, 0.717) is 12.8 Å². The van der Waals surface area contributed by atoms with Gasteiger partial charge in [0.15, 0.2) is 0 Å². The maximum Gasteiger partial charge on any atom is 0.234 e. The van der Waals surface area contributed by atoms with E-state index < -0.39 is 0 Å². The van der Waals surface area contributed by atoms with Crippen molar-refractivity contribution in [3.63, 3.8) is 0 Å². The molecule has 0 aliphatic carbocycles. The molecule has 2 aromatic rings. The number of nitrogens with zero attached hydrogens (tertiary/aromatic N) is 1. The van der Waals surface area contributed by atoms with Crippen molar-refractivity contribution < 1.29 is 9.59 Å². The van der Waals surface area contributed by atoms with Gasteiger partial charge < -0.3 is 0 Å². The van der Waals surface area contributed by atoms with Crippen LogP contribution >= 0.6 is 0 Å². The standard InChI is InChI=1S/C16H16N2O2/c1-9-4-3-5-14-12(9)8-13(10(2)17-14)11-6-7-15(19)18-16(11)20/h3-5,8,11H,6-7H2,1-2H3,(H,18,19,20). The Kier molecular flexibility index (Phi) is 3.01. The Hall–Kier alpha value is -2.23. The molecule has 2 heterocycles. The molecule has 1 unspecified atom stereocenters. The van der Waals surface area contributed by atoms with Gasteiger partial charge in [-0.25, -0.2) is 0 Å². The number of carbonyl (C=O) groups excluding carboxylic acids is 2. The number of rotatable bonds is 1. The summed E-state index contributed by atoms with van der Waals surface area (Å²) >= 11 is 0. The van der Waals surface area contributed by atoms with E-state index in [1.54, 1.807) is 0 Å². The van der Waals surface area contributed by atoms with Crippen molar-refractivity contribution in [3.8, 4) is 0 Å². The Labute approximate surface area is 117 Å². The molecule has 102 valence electrons. The monoisotopic (exact) mass is 268 g/mol. The molecule has 0 saturated carbocycles. The summed E-state index contributed by atoms with van der Waals surface area (Å²) in [6.45, 7) is 3.95. The number of benzene rings is 1. The molecule has 1 aromatic heterocycles. The first-order valence-electron chi connectivity index (χ1n) is 6.77. The molecule has 20 heavy (non-hydrogen) atoms. The second-order valence-corrected chi connectivity index (χ2v) is 5.31. The largest absolute Gasteiger partial charge is 0.296 e. The van der Waals surface area contributed by atoms with Gasteiger partial charge in [0, 0.05) is 17.5 Å². The van der Waals surface area contributed by atoms with Crippen molar-refractivity contribution >= 4 is 22.7 Å². The zero-order valence-electron chi connectivity index (χ0n) is 11.6. The number of imide groups is 1. The third kappa shape index (κ3) is 2.07. The van der Waals surface area contributed by atoms with Crippen molar-refractivity contribution in [2.24, 2.45) is 0 Å². The van der Waals surface area contributed by atoms with Crippen molar-refractivity contribution in [3.05, 3.63) is 41.1 Å². The summed E-state index contributed by atoms with van der Waals surface area (Å²) in [4.78, 5) is 27.9. The lowest BCUT2D eigenvalue weighted by atomic mass is 9.88. The van der Waals surface area contributed by atoms with Crippen LogP contribution in [-0.4, -0.2) is 16.8 Å². The molecule has 1 aliphatic heterocycles. The number of carbonyl (C=O) groups is 2. The van der Waals surface area contributed by atoms with Crippen LogP contribution < -0.4 is 5.32 Å². The van der Waals surface area contributed by atoms with Gasteiger partial charge in [-0.3, -0.25) is 19.9 Å². The van der Waals surface area contributed by atoms with E-state index in [0.717, 1.165) is 27.7 Å². The molecule has 1 aliphatic rings. The molecule has 2 amide bonds. The molecule has 0 spiro atoms. The van der Waals surface area contributed by atoms with Crippen LogP contribution in [0.2, 0.25) is 0 Å². The zero-order chi connectivity index (χ0) is 14.3. The van der Waals surface area contributed by atoms with Crippen LogP contribution in [0.25, 0.3) is 10.9 Å². The Bertz CT molecular complexity index is 722. The van der Waals surface area contributed by atoms with E-state index in [2.05, 4.69) is 10.3 Å². The highest BCUT2D eigenvalue weighted by molar-refractivity contribution is 6.01. The topological polar surface area (TPSA) is 59.1 Å². The Morgan fingerprint density at radius 2 is 2.05 bits per heavy atom. The number of piperidine rings is 1. The highest BCUT2D eigenvalue weighted by atomic mass is 16.2. The van der Waals surface area contributed by atoms with Crippen LogP contribution in [0.5, 0.6) is 0 Å². The molecule has 0 bridgehead atoms.